The van der Waals surface area contributed by atoms with Crippen molar-refractivity contribution >= 4 is 51.2 Å². The second-order valence-corrected chi connectivity index (χ2v) is 9.60. The lowest BCUT2D eigenvalue weighted by Gasteiger charge is -2.13. The number of rotatable bonds is 6. The number of nitro groups is 1. The van der Waals surface area contributed by atoms with Crippen molar-refractivity contribution in [2.75, 3.05) is 0 Å². The molecule has 1 aliphatic heterocycles. The standard InChI is InChI=1S/C23H17BrClN3O5/c24-16-8-15(10-26-27-22(29)19-13-3-4-14(7-13)20(19)23(27)30)21(18(9-16)28(31)32)33-11-12-1-5-17(25)6-2-12/h1-6,8-10,13-14,19-20H,7,11H2/t13-,14-,19-,20+/m0/s1. The SMILES string of the molecule is O=C1[C@@H]2[C@H](C(=O)N1N=Cc1cc(Br)cc([N+](=O)[O-])c1OCc1ccc(Cl)cc1)[C@H]1C=C[C@H]2C1. The number of hydrogen-bond acceptors (Lipinski definition) is 6. The molecule has 2 aromatic rings. The van der Waals surface area contributed by atoms with Gasteiger partial charge < -0.3 is 4.74 Å². The Kier molecular flexibility index (Phi) is 5.54. The van der Waals surface area contributed by atoms with E-state index in [1.54, 1.807) is 30.3 Å². The van der Waals surface area contributed by atoms with Gasteiger partial charge in [-0.3, -0.25) is 19.7 Å². The Bertz CT molecular complexity index is 1200. The number of benzene rings is 2. The molecule has 0 N–H and O–H groups in total. The predicted octanol–water partition coefficient (Wildman–Crippen LogP) is 4.73. The Morgan fingerprint density at radius 3 is 2.39 bits per heavy atom. The Morgan fingerprint density at radius 2 is 1.79 bits per heavy atom. The zero-order chi connectivity index (χ0) is 23.3. The number of nitrogens with zero attached hydrogens (tertiary/aromatic N) is 3. The molecule has 2 fully saturated rings. The van der Waals surface area contributed by atoms with E-state index in [1.165, 1.54) is 12.3 Å². The minimum atomic E-state index is -0.556. The molecule has 0 aromatic heterocycles. The second kappa shape index (κ2) is 8.39. The number of hydrogen-bond donors (Lipinski definition) is 0. The molecule has 4 atom stereocenters. The van der Waals surface area contributed by atoms with E-state index in [1.807, 2.05) is 12.2 Å². The number of imide groups is 1. The fraction of sp³-hybridized carbons (Fsp3) is 0.261. The zero-order valence-corrected chi connectivity index (χ0v) is 19.4. The quantitative estimate of drug-likeness (QED) is 0.177. The summed E-state index contributed by atoms with van der Waals surface area (Å²) in [6.07, 6.45) is 6.10. The van der Waals surface area contributed by atoms with Crippen LogP contribution in [0.2, 0.25) is 5.02 Å². The summed E-state index contributed by atoms with van der Waals surface area (Å²) >= 11 is 9.17. The first-order valence-corrected chi connectivity index (χ1v) is 11.5. The number of hydrazone groups is 1. The highest BCUT2D eigenvalue weighted by Gasteiger charge is 2.59. The number of allylic oxidation sites excluding steroid dienone is 2. The fourth-order valence-electron chi connectivity index (χ4n) is 4.85. The Morgan fingerprint density at radius 1 is 1.15 bits per heavy atom. The van der Waals surface area contributed by atoms with Gasteiger partial charge in [-0.15, -0.1) is 0 Å². The summed E-state index contributed by atoms with van der Waals surface area (Å²) in [4.78, 5) is 36.9. The van der Waals surface area contributed by atoms with Crippen molar-refractivity contribution in [2.24, 2.45) is 28.8 Å². The number of fused-ring (bicyclic) bond motifs is 5. The highest BCUT2D eigenvalue weighted by molar-refractivity contribution is 9.10. The van der Waals surface area contributed by atoms with E-state index in [-0.39, 0.29) is 59.1 Å². The molecule has 5 rings (SSSR count). The van der Waals surface area contributed by atoms with Crippen LogP contribution in [0, 0.1) is 33.8 Å². The minimum Gasteiger partial charge on any atom is -0.481 e. The van der Waals surface area contributed by atoms with E-state index >= 15 is 0 Å². The summed E-state index contributed by atoms with van der Waals surface area (Å²) in [5.41, 5.74) is 0.766. The van der Waals surface area contributed by atoms with Crippen LogP contribution < -0.4 is 4.74 Å². The first kappa shape index (κ1) is 21.8. The molecular formula is C23H17BrClN3O5. The Hall–Kier alpha value is -3.04. The maximum Gasteiger partial charge on any atom is 0.312 e. The van der Waals surface area contributed by atoms with E-state index in [0.717, 1.165) is 17.0 Å². The molecule has 1 heterocycles. The summed E-state index contributed by atoms with van der Waals surface area (Å²) < 4.78 is 6.24. The average molecular weight is 531 g/mol. The summed E-state index contributed by atoms with van der Waals surface area (Å²) in [5, 5.41) is 17.3. The molecule has 2 amide bonds. The molecule has 0 unspecified atom stereocenters. The van der Waals surface area contributed by atoms with Gasteiger partial charge in [-0.2, -0.15) is 10.1 Å². The van der Waals surface area contributed by atoms with Crippen LogP contribution in [0.25, 0.3) is 0 Å². The topological polar surface area (TPSA) is 102 Å². The number of halogens is 2. The Balaban J connectivity index is 1.44. The van der Waals surface area contributed by atoms with Crippen LogP contribution in [0.15, 0.2) is 58.1 Å². The van der Waals surface area contributed by atoms with Gasteiger partial charge in [-0.25, -0.2) is 0 Å². The third-order valence-corrected chi connectivity index (χ3v) is 7.03. The fourth-order valence-corrected chi connectivity index (χ4v) is 5.43. The van der Waals surface area contributed by atoms with Gasteiger partial charge in [0.2, 0.25) is 5.75 Å². The average Bonchev–Trinajstić information content (AvgIpc) is 3.46. The molecular weight excluding hydrogens is 514 g/mol. The molecule has 3 aliphatic rings. The number of amides is 2. The van der Waals surface area contributed by atoms with Crippen molar-refractivity contribution in [3.63, 3.8) is 0 Å². The molecule has 2 aliphatic carbocycles. The lowest BCUT2D eigenvalue weighted by molar-refractivity contribution is -0.386. The van der Waals surface area contributed by atoms with Crippen molar-refractivity contribution in [3.05, 3.63) is 79.3 Å². The highest BCUT2D eigenvalue weighted by atomic mass is 79.9. The van der Waals surface area contributed by atoms with Crippen molar-refractivity contribution in [2.45, 2.75) is 13.0 Å². The normalized spacial score (nSPS) is 25.3. The summed E-state index contributed by atoms with van der Waals surface area (Å²) in [5.74, 6) is -1.27. The maximum absolute atomic E-state index is 12.9. The lowest BCUT2D eigenvalue weighted by Crippen LogP contribution is -2.28. The molecule has 33 heavy (non-hydrogen) atoms. The third-order valence-electron chi connectivity index (χ3n) is 6.32. The van der Waals surface area contributed by atoms with Crippen LogP contribution >= 0.6 is 27.5 Å². The molecule has 0 spiro atoms. The van der Waals surface area contributed by atoms with Crippen molar-refractivity contribution in [1.82, 2.24) is 5.01 Å². The number of carbonyl (C=O) groups is 2. The molecule has 0 radical (unpaired) electrons. The molecule has 8 nitrogen and oxygen atoms in total. The number of carbonyl (C=O) groups excluding carboxylic acids is 2. The van der Waals surface area contributed by atoms with Crippen LogP contribution in [-0.2, 0) is 16.2 Å². The van der Waals surface area contributed by atoms with Gasteiger partial charge >= 0.3 is 5.69 Å². The van der Waals surface area contributed by atoms with Crippen LogP contribution in [0.1, 0.15) is 17.5 Å². The first-order chi connectivity index (χ1) is 15.8. The van der Waals surface area contributed by atoms with E-state index in [9.17, 15) is 19.7 Å². The van der Waals surface area contributed by atoms with E-state index in [0.29, 0.717) is 9.50 Å². The number of ether oxygens (including phenoxy) is 1. The number of nitro benzene ring substituents is 1. The third kappa shape index (κ3) is 3.85. The van der Waals surface area contributed by atoms with Crippen LogP contribution in [-0.4, -0.2) is 28.0 Å². The Labute approximate surface area is 202 Å². The monoisotopic (exact) mass is 529 g/mol. The van der Waals surface area contributed by atoms with Gasteiger partial charge in [0.1, 0.15) is 6.61 Å². The molecule has 168 valence electrons. The molecule has 2 bridgehead atoms. The molecule has 1 saturated heterocycles. The molecule has 10 heteroatoms. The van der Waals surface area contributed by atoms with Crippen LogP contribution in [0.4, 0.5) is 5.69 Å². The van der Waals surface area contributed by atoms with Gasteiger partial charge in [-0.05, 0) is 42.0 Å². The van der Waals surface area contributed by atoms with Gasteiger partial charge in [0.15, 0.2) is 0 Å². The first-order valence-electron chi connectivity index (χ1n) is 10.3. The van der Waals surface area contributed by atoms with Crippen molar-refractivity contribution < 1.29 is 19.2 Å². The summed E-state index contributed by atoms with van der Waals surface area (Å²) in [6, 6.07) is 9.82. The molecule has 1 saturated carbocycles. The summed E-state index contributed by atoms with van der Waals surface area (Å²) in [6.45, 7) is 0.0568. The van der Waals surface area contributed by atoms with Crippen molar-refractivity contribution in [1.29, 1.82) is 0 Å². The lowest BCUT2D eigenvalue weighted by atomic mass is 9.85. The van der Waals surface area contributed by atoms with Gasteiger partial charge in [0, 0.05) is 21.1 Å². The minimum absolute atomic E-state index is 0.0112. The van der Waals surface area contributed by atoms with E-state index in [2.05, 4.69) is 21.0 Å². The summed E-state index contributed by atoms with van der Waals surface area (Å²) in [7, 11) is 0. The largest absolute Gasteiger partial charge is 0.481 e. The molecule has 2 aromatic carbocycles. The maximum atomic E-state index is 12.9. The van der Waals surface area contributed by atoms with Crippen LogP contribution in [0.3, 0.4) is 0 Å². The predicted molar refractivity (Wildman–Crippen MR) is 124 cm³/mol. The smallest absolute Gasteiger partial charge is 0.312 e. The van der Waals surface area contributed by atoms with E-state index in [4.69, 9.17) is 16.3 Å². The van der Waals surface area contributed by atoms with Gasteiger partial charge in [-0.1, -0.05) is 51.8 Å². The van der Waals surface area contributed by atoms with Gasteiger partial charge in [0.25, 0.3) is 11.8 Å². The highest BCUT2D eigenvalue weighted by Crippen LogP contribution is 2.52. The zero-order valence-electron chi connectivity index (χ0n) is 17.1. The van der Waals surface area contributed by atoms with Gasteiger partial charge in [0.05, 0.1) is 23.0 Å². The van der Waals surface area contributed by atoms with Crippen LogP contribution in [0.5, 0.6) is 5.75 Å². The second-order valence-electron chi connectivity index (χ2n) is 8.25. The van der Waals surface area contributed by atoms with Crippen molar-refractivity contribution in [3.8, 4) is 5.75 Å². The van der Waals surface area contributed by atoms with E-state index < -0.39 is 4.92 Å².